The summed E-state index contributed by atoms with van der Waals surface area (Å²) < 4.78 is 5.38. The molecule has 2 aromatic rings. The lowest BCUT2D eigenvalue weighted by Crippen LogP contribution is -2.35. The molecule has 0 saturated heterocycles. The first kappa shape index (κ1) is 13.9. The maximum absolute atomic E-state index is 12.3. The molecule has 0 aliphatic heterocycles. The topological polar surface area (TPSA) is 68.2 Å². The molecule has 0 radical (unpaired) electrons. The summed E-state index contributed by atoms with van der Waals surface area (Å²) in [4.78, 5) is 25.9. The molecule has 0 aliphatic carbocycles. The summed E-state index contributed by atoms with van der Waals surface area (Å²) in [6.07, 6.45) is 4.14. The van der Waals surface area contributed by atoms with Crippen LogP contribution in [0.5, 0.6) is 0 Å². The highest BCUT2D eigenvalue weighted by molar-refractivity contribution is 5.92. The molecule has 6 nitrogen and oxygen atoms in total. The Morgan fingerprint density at radius 1 is 1.05 bits per heavy atom. The van der Waals surface area contributed by atoms with Gasteiger partial charge in [0.25, 0.3) is 0 Å². The first-order chi connectivity index (χ1) is 9.47. The molecule has 0 N–H and O–H groups in total. The first-order valence-corrected chi connectivity index (χ1v) is 6.18. The van der Waals surface area contributed by atoms with Gasteiger partial charge in [0, 0.05) is 18.6 Å². The van der Waals surface area contributed by atoms with Gasteiger partial charge >= 0.3 is 6.09 Å². The molecule has 0 spiro atoms. The van der Waals surface area contributed by atoms with Crippen molar-refractivity contribution >= 4 is 17.9 Å². The lowest BCUT2D eigenvalue weighted by molar-refractivity contribution is 0.0596. The number of amides is 1. The summed E-state index contributed by atoms with van der Waals surface area (Å²) in [5, 5.41) is 0. The molecule has 1 amide bonds. The molecule has 104 valence electrons. The number of hydrogen-bond donors (Lipinski definition) is 0. The van der Waals surface area contributed by atoms with Gasteiger partial charge in [0.2, 0.25) is 5.95 Å². The van der Waals surface area contributed by atoms with E-state index in [1.807, 2.05) is 0 Å². The van der Waals surface area contributed by atoms with Crippen LogP contribution in [0.4, 0.5) is 16.6 Å². The highest BCUT2D eigenvalue weighted by atomic mass is 16.6. The minimum Gasteiger partial charge on any atom is -0.443 e. The molecule has 2 aromatic heterocycles. The number of ether oxygens (including phenoxy) is 1. The second-order valence-electron chi connectivity index (χ2n) is 5.05. The lowest BCUT2D eigenvalue weighted by Gasteiger charge is -2.25. The molecule has 0 saturated carbocycles. The molecular formula is C14H16N4O2. The fraction of sp³-hybridized carbons (Fsp3) is 0.286. The number of aromatic nitrogens is 3. The zero-order chi connectivity index (χ0) is 14.6. The Labute approximate surface area is 117 Å². The van der Waals surface area contributed by atoms with Crippen molar-refractivity contribution in [2.75, 3.05) is 4.90 Å². The SMILES string of the molecule is CC(C)(C)OC(=O)N(c1ccccn1)c1ncccn1. The van der Waals surface area contributed by atoms with Crippen LogP contribution in [0.3, 0.4) is 0 Å². The van der Waals surface area contributed by atoms with Crippen molar-refractivity contribution in [3.8, 4) is 0 Å². The maximum Gasteiger partial charge on any atom is 0.423 e. The van der Waals surface area contributed by atoms with E-state index in [1.165, 1.54) is 4.90 Å². The smallest absolute Gasteiger partial charge is 0.423 e. The van der Waals surface area contributed by atoms with E-state index in [1.54, 1.807) is 63.6 Å². The van der Waals surface area contributed by atoms with Crippen LogP contribution >= 0.6 is 0 Å². The van der Waals surface area contributed by atoms with Crippen LogP contribution in [0.2, 0.25) is 0 Å². The number of nitrogens with zero attached hydrogens (tertiary/aromatic N) is 4. The summed E-state index contributed by atoms with van der Waals surface area (Å²) in [7, 11) is 0. The summed E-state index contributed by atoms with van der Waals surface area (Å²) in [6, 6.07) is 6.92. The Bertz CT molecular complexity index is 527. The molecule has 0 aromatic carbocycles. The molecule has 0 unspecified atom stereocenters. The van der Waals surface area contributed by atoms with Crippen molar-refractivity contribution in [1.82, 2.24) is 15.0 Å². The quantitative estimate of drug-likeness (QED) is 0.840. The Morgan fingerprint density at radius 2 is 1.70 bits per heavy atom. The van der Waals surface area contributed by atoms with Crippen LogP contribution in [0.1, 0.15) is 20.8 Å². The zero-order valence-electron chi connectivity index (χ0n) is 11.6. The van der Waals surface area contributed by atoms with Crippen LogP contribution in [-0.4, -0.2) is 26.6 Å². The van der Waals surface area contributed by atoms with Gasteiger partial charge in [-0.2, -0.15) is 4.90 Å². The highest BCUT2D eigenvalue weighted by Gasteiger charge is 2.27. The molecule has 6 heteroatoms. The van der Waals surface area contributed by atoms with Crippen LogP contribution in [-0.2, 0) is 4.74 Å². The minimum absolute atomic E-state index is 0.223. The Hall–Kier alpha value is -2.50. The van der Waals surface area contributed by atoms with E-state index in [9.17, 15) is 4.79 Å². The Kier molecular flexibility index (Phi) is 3.93. The highest BCUT2D eigenvalue weighted by Crippen LogP contribution is 2.22. The monoisotopic (exact) mass is 272 g/mol. The number of carbonyl (C=O) groups is 1. The lowest BCUT2D eigenvalue weighted by atomic mass is 10.2. The fourth-order valence-electron chi connectivity index (χ4n) is 1.48. The van der Waals surface area contributed by atoms with Gasteiger partial charge in [0.1, 0.15) is 11.4 Å². The second-order valence-corrected chi connectivity index (χ2v) is 5.05. The summed E-state index contributed by atoms with van der Waals surface area (Å²) in [5.41, 5.74) is -0.612. The molecule has 0 fully saturated rings. The molecule has 0 aliphatic rings. The van der Waals surface area contributed by atoms with Gasteiger partial charge in [-0.25, -0.2) is 19.7 Å². The zero-order valence-corrected chi connectivity index (χ0v) is 11.6. The van der Waals surface area contributed by atoms with Crippen molar-refractivity contribution in [2.24, 2.45) is 0 Å². The number of carbonyl (C=O) groups excluding carboxylic acids is 1. The third-order valence-electron chi connectivity index (χ3n) is 2.21. The molecule has 2 rings (SSSR count). The van der Waals surface area contributed by atoms with Crippen molar-refractivity contribution in [3.63, 3.8) is 0 Å². The van der Waals surface area contributed by atoms with E-state index >= 15 is 0 Å². The molecule has 20 heavy (non-hydrogen) atoms. The van der Waals surface area contributed by atoms with Gasteiger partial charge in [0.15, 0.2) is 0 Å². The molecule has 0 bridgehead atoms. The van der Waals surface area contributed by atoms with Crippen molar-refractivity contribution in [3.05, 3.63) is 42.9 Å². The normalized spacial score (nSPS) is 10.9. The first-order valence-electron chi connectivity index (χ1n) is 6.18. The summed E-state index contributed by atoms with van der Waals surface area (Å²) >= 11 is 0. The number of anilines is 2. The van der Waals surface area contributed by atoms with Gasteiger partial charge in [0.05, 0.1) is 0 Å². The summed E-state index contributed by atoms with van der Waals surface area (Å²) in [6.45, 7) is 5.40. The van der Waals surface area contributed by atoms with Gasteiger partial charge < -0.3 is 4.74 Å². The molecular weight excluding hydrogens is 256 g/mol. The van der Waals surface area contributed by atoms with Crippen LogP contribution in [0, 0.1) is 0 Å². The van der Waals surface area contributed by atoms with Crippen molar-refractivity contribution in [1.29, 1.82) is 0 Å². The van der Waals surface area contributed by atoms with E-state index in [0.717, 1.165) is 0 Å². The van der Waals surface area contributed by atoms with E-state index in [0.29, 0.717) is 5.82 Å². The predicted octanol–water partition coefficient (Wildman–Crippen LogP) is 2.94. The van der Waals surface area contributed by atoms with Crippen LogP contribution < -0.4 is 4.90 Å². The molecule has 2 heterocycles. The average Bonchev–Trinajstić information content (AvgIpc) is 2.39. The van der Waals surface area contributed by atoms with E-state index in [2.05, 4.69) is 15.0 Å². The maximum atomic E-state index is 12.3. The van der Waals surface area contributed by atoms with Gasteiger partial charge in [-0.05, 0) is 39.0 Å². The van der Waals surface area contributed by atoms with Crippen LogP contribution in [0.25, 0.3) is 0 Å². The summed E-state index contributed by atoms with van der Waals surface area (Å²) in [5.74, 6) is 0.633. The minimum atomic E-state index is -0.612. The van der Waals surface area contributed by atoms with Gasteiger partial charge in [-0.15, -0.1) is 0 Å². The molecule has 0 atom stereocenters. The van der Waals surface area contributed by atoms with E-state index in [-0.39, 0.29) is 5.95 Å². The van der Waals surface area contributed by atoms with Gasteiger partial charge in [-0.3, -0.25) is 0 Å². The van der Waals surface area contributed by atoms with E-state index < -0.39 is 11.7 Å². The largest absolute Gasteiger partial charge is 0.443 e. The number of pyridine rings is 1. The fourth-order valence-corrected chi connectivity index (χ4v) is 1.48. The second kappa shape index (κ2) is 5.64. The Balaban J connectivity index is 2.38. The van der Waals surface area contributed by atoms with Gasteiger partial charge in [-0.1, -0.05) is 6.07 Å². The van der Waals surface area contributed by atoms with Crippen molar-refractivity contribution in [2.45, 2.75) is 26.4 Å². The predicted molar refractivity (Wildman–Crippen MR) is 74.6 cm³/mol. The Morgan fingerprint density at radius 3 is 2.25 bits per heavy atom. The third kappa shape index (κ3) is 3.50. The van der Waals surface area contributed by atoms with Crippen LogP contribution in [0.15, 0.2) is 42.9 Å². The number of rotatable bonds is 2. The standard InChI is InChI=1S/C14H16N4O2/c1-14(2,3)20-13(19)18(11-7-4-5-8-15-11)12-16-9-6-10-17-12/h4-10H,1-3H3. The average molecular weight is 272 g/mol. The number of hydrogen-bond acceptors (Lipinski definition) is 5. The van der Waals surface area contributed by atoms with E-state index in [4.69, 9.17) is 4.74 Å². The third-order valence-corrected chi connectivity index (χ3v) is 2.21. The van der Waals surface area contributed by atoms with Crippen molar-refractivity contribution < 1.29 is 9.53 Å².